The summed E-state index contributed by atoms with van der Waals surface area (Å²) in [6.45, 7) is 0.170. The molecule has 1 aromatic rings. The number of carbonyl (C=O) groups is 1. The molecular formula is C14H17ClN2O4. The summed E-state index contributed by atoms with van der Waals surface area (Å²) in [4.78, 5) is 22.1. The molecule has 7 heteroatoms. The average Bonchev–Trinajstić information content (AvgIpc) is 2.45. The SMILES string of the molecule is O=C(O)C1(CNc2cccc(Cl)c2[N+](=O)[O-])CCCCC1. The molecule has 0 saturated heterocycles. The summed E-state index contributed by atoms with van der Waals surface area (Å²) in [6, 6.07) is 4.59. The first-order chi connectivity index (χ1) is 9.96. The van der Waals surface area contributed by atoms with Crippen molar-refractivity contribution in [3.63, 3.8) is 0 Å². The lowest BCUT2D eigenvalue weighted by atomic mass is 9.74. The standard InChI is InChI=1S/C14H17ClN2O4/c15-10-5-4-6-11(12(10)17(20)21)16-9-14(13(18)19)7-2-1-3-8-14/h4-6,16H,1-3,7-9H2,(H,18,19). The third-order valence-corrected chi connectivity index (χ3v) is 4.36. The Labute approximate surface area is 127 Å². The molecule has 6 nitrogen and oxygen atoms in total. The lowest BCUT2D eigenvalue weighted by molar-refractivity contribution is -0.383. The summed E-state index contributed by atoms with van der Waals surface area (Å²) < 4.78 is 0. The number of nitrogens with zero attached hydrogens (tertiary/aromatic N) is 1. The molecule has 0 atom stereocenters. The minimum Gasteiger partial charge on any atom is -0.481 e. The first-order valence-corrected chi connectivity index (χ1v) is 7.24. The van der Waals surface area contributed by atoms with Crippen molar-refractivity contribution in [1.82, 2.24) is 0 Å². The van der Waals surface area contributed by atoms with E-state index in [0.29, 0.717) is 12.8 Å². The third kappa shape index (κ3) is 3.26. The molecule has 0 aromatic heterocycles. The molecule has 0 radical (unpaired) electrons. The summed E-state index contributed by atoms with van der Waals surface area (Å²) in [5, 5.41) is 23.5. The number of para-hydroxylation sites is 1. The zero-order valence-electron chi connectivity index (χ0n) is 11.5. The van der Waals surface area contributed by atoms with Gasteiger partial charge in [0.25, 0.3) is 0 Å². The Balaban J connectivity index is 2.20. The number of nitro groups is 1. The fraction of sp³-hybridized carbons (Fsp3) is 0.500. The first-order valence-electron chi connectivity index (χ1n) is 6.86. The van der Waals surface area contributed by atoms with Crippen molar-refractivity contribution in [1.29, 1.82) is 0 Å². The monoisotopic (exact) mass is 312 g/mol. The van der Waals surface area contributed by atoms with E-state index in [0.717, 1.165) is 19.3 Å². The molecular weight excluding hydrogens is 296 g/mol. The van der Waals surface area contributed by atoms with Gasteiger partial charge in [0.1, 0.15) is 10.7 Å². The summed E-state index contributed by atoms with van der Waals surface area (Å²) in [6.07, 6.45) is 3.94. The number of carboxylic acids is 1. The van der Waals surface area contributed by atoms with Gasteiger partial charge in [0.05, 0.1) is 10.3 Å². The van der Waals surface area contributed by atoms with Gasteiger partial charge >= 0.3 is 11.7 Å². The van der Waals surface area contributed by atoms with Crippen LogP contribution in [0.5, 0.6) is 0 Å². The average molecular weight is 313 g/mol. The maximum atomic E-state index is 11.6. The lowest BCUT2D eigenvalue weighted by Crippen LogP contribution is -2.39. The van der Waals surface area contributed by atoms with Gasteiger partial charge in [0, 0.05) is 6.54 Å². The second-order valence-electron chi connectivity index (χ2n) is 5.39. The molecule has 1 fully saturated rings. The van der Waals surface area contributed by atoms with Crippen molar-refractivity contribution >= 4 is 28.9 Å². The summed E-state index contributed by atoms with van der Waals surface area (Å²) in [5.74, 6) is -0.848. The van der Waals surface area contributed by atoms with Crippen molar-refractivity contribution in [2.45, 2.75) is 32.1 Å². The molecule has 0 spiro atoms. The third-order valence-electron chi connectivity index (χ3n) is 4.05. The smallest absolute Gasteiger partial charge is 0.311 e. The second kappa shape index (κ2) is 6.30. The molecule has 21 heavy (non-hydrogen) atoms. The number of anilines is 1. The topological polar surface area (TPSA) is 92.5 Å². The largest absolute Gasteiger partial charge is 0.481 e. The van der Waals surface area contributed by atoms with E-state index >= 15 is 0 Å². The van der Waals surface area contributed by atoms with Crippen molar-refractivity contribution in [2.24, 2.45) is 5.41 Å². The predicted molar refractivity (Wildman–Crippen MR) is 79.7 cm³/mol. The summed E-state index contributed by atoms with van der Waals surface area (Å²) >= 11 is 5.85. The van der Waals surface area contributed by atoms with Crippen molar-refractivity contribution in [2.75, 3.05) is 11.9 Å². The normalized spacial score (nSPS) is 17.2. The Morgan fingerprint density at radius 1 is 1.38 bits per heavy atom. The van der Waals surface area contributed by atoms with E-state index in [2.05, 4.69) is 5.32 Å². The van der Waals surface area contributed by atoms with Gasteiger partial charge in [-0.25, -0.2) is 0 Å². The van der Waals surface area contributed by atoms with Gasteiger partial charge in [0.2, 0.25) is 0 Å². The van der Waals surface area contributed by atoms with Crippen LogP contribution in [0.1, 0.15) is 32.1 Å². The molecule has 0 amide bonds. The highest BCUT2D eigenvalue weighted by Gasteiger charge is 2.39. The van der Waals surface area contributed by atoms with Crippen LogP contribution >= 0.6 is 11.6 Å². The van der Waals surface area contributed by atoms with E-state index in [9.17, 15) is 20.0 Å². The van der Waals surface area contributed by atoms with E-state index < -0.39 is 16.3 Å². The highest BCUT2D eigenvalue weighted by Crippen LogP contribution is 2.38. The van der Waals surface area contributed by atoms with Crippen molar-refractivity contribution in [3.05, 3.63) is 33.3 Å². The van der Waals surface area contributed by atoms with Gasteiger partial charge in [-0.05, 0) is 25.0 Å². The van der Waals surface area contributed by atoms with Crippen LogP contribution < -0.4 is 5.32 Å². The van der Waals surface area contributed by atoms with Crippen LogP contribution in [-0.2, 0) is 4.79 Å². The van der Waals surface area contributed by atoms with Gasteiger partial charge in [-0.2, -0.15) is 0 Å². The second-order valence-corrected chi connectivity index (χ2v) is 5.80. The van der Waals surface area contributed by atoms with Crippen LogP contribution in [0.3, 0.4) is 0 Å². The molecule has 2 rings (SSSR count). The Bertz CT molecular complexity index is 556. The summed E-state index contributed by atoms with van der Waals surface area (Å²) in [5.41, 5.74) is -0.803. The maximum Gasteiger partial charge on any atom is 0.311 e. The van der Waals surface area contributed by atoms with E-state index in [1.54, 1.807) is 12.1 Å². The molecule has 0 bridgehead atoms. The van der Waals surface area contributed by atoms with Gasteiger partial charge in [-0.15, -0.1) is 0 Å². The zero-order chi connectivity index (χ0) is 15.5. The first kappa shape index (κ1) is 15.6. The maximum absolute atomic E-state index is 11.6. The van der Waals surface area contributed by atoms with Gasteiger partial charge in [-0.1, -0.05) is 36.9 Å². The Morgan fingerprint density at radius 3 is 2.62 bits per heavy atom. The molecule has 114 valence electrons. The lowest BCUT2D eigenvalue weighted by Gasteiger charge is -2.33. The van der Waals surface area contributed by atoms with E-state index in [4.69, 9.17) is 11.6 Å². The van der Waals surface area contributed by atoms with E-state index in [-0.39, 0.29) is 22.9 Å². The van der Waals surface area contributed by atoms with Crippen molar-refractivity contribution in [3.8, 4) is 0 Å². The number of carboxylic acid groups (broad SMARTS) is 1. The van der Waals surface area contributed by atoms with Crippen molar-refractivity contribution < 1.29 is 14.8 Å². The van der Waals surface area contributed by atoms with Crippen LogP contribution in [0.25, 0.3) is 0 Å². The van der Waals surface area contributed by atoms with Crippen LogP contribution in [-0.4, -0.2) is 22.5 Å². The Hall–Kier alpha value is -1.82. The van der Waals surface area contributed by atoms with Gasteiger partial charge in [0.15, 0.2) is 0 Å². The molecule has 1 aromatic carbocycles. The predicted octanol–water partition coefficient (Wildman–Crippen LogP) is 3.70. The molecule has 0 heterocycles. The number of hydrogen-bond donors (Lipinski definition) is 2. The van der Waals surface area contributed by atoms with Crippen LogP contribution in [0, 0.1) is 15.5 Å². The molecule has 1 saturated carbocycles. The molecule has 0 aliphatic heterocycles. The molecule has 1 aliphatic carbocycles. The van der Waals surface area contributed by atoms with Gasteiger partial charge < -0.3 is 10.4 Å². The number of rotatable bonds is 5. The molecule has 0 unspecified atom stereocenters. The number of nitrogens with one attached hydrogen (secondary N) is 1. The fourth-order valence-corrected chi connectivity index (χ4v) is 3.05. The number of hydrogen-bond acceptors (Lipinski definition) is 4. The fourth-order valence-electron chi connectivity index (χ4n) is 2.80. The zero-order valence-corrected chi connectivity index (χ0v) is 12.2. The summed E-state index contributed by atoms with van der Waals surface area (Å²) in [7, 11) is 0. The highest BCUT2D eigenvalue weighted by atomic mass is 35.5. The van der Waals surface area contributed by atoms with Gasteiger partial charge in [-0.3, -0.25) is 14.9 Å². The Morgan fingerprint density at radius 2 is 2.05 bits per heavy atom. The highest BCUT2D eigenvalue weighted by molar-refractivity contribution is 6.33. The van der Waals surface area contributed by atoms with Crippen LogP contribution in [0.15, 0.2) is 18.2 Å². The van der Waals surface area contributed by atoms with E-state index in [1.807, 2.05) is 0 Å². The molecule has 2 N–H and O–H groups in total. The quantitative estimate of drug-likeness (QED) is 0.639. The Kier molecular flexibility index (Phi) is 4.67. The number of nitro benzene ring substituents is 1. The minimum absolute atomic E-state index is 0.0398. The number of aliphatic carboxylic acids is 1. The molecule has 1 aliphatic rings. The minimum atomic E-state index is -0.853. The van der Waals surface area contributed by atoms with Crippen LogP contribution in [0.2, 0.25) is 5.02 Å². The number of halogens is 1. The number of benzene rings is 1. The van der Waals surface area contributed by atoms with Crippen LogP contribution in [0.4, 0.5) is 11.4 Å². The van der Waals surface area contributed by atoms with E-state index in [1.165, 1.54) is 6.07 Å².